The van der Waals surface area contributed by atoms with Crippen molar-refractivity contribution in [2.75, 3.05) is 11.9 Å². The van der Waals surface area contributed by atoms with Crippen LogP contribution in [0.3, 0.4) is 0 Å². The molecule has 2 aromatic heterocycles. The van der Waals surface area contributed by atoms with E-state index in [9.17, 15) is 4.79 Å². The van der Waals surface area contributed by atoms with E-state index in [0.717, 1.165) is 58.4 Å². The van der Waals surface area contributed by atoms with Gasteiger partial charge in [0.25, 0.3) is 0 Å². The number of H-pyrrole nitrogens is 2. The highest BCUT2D eigenvalue weighted by Gasteiger charge is 2.35. The topological polar surface area (TPSA) is 98.9 Å². The van der Waals surface area contributed by atoms with Crippen LogP contribution in [0.5, 0.6) is 0 Å². The summed E-state index contributed by atoms with van der Waals surface area (Å²) in [7, 11) is 0. The third-order valence-electron chi connectivity index (χ3n) is 8.20. The fourth-order valence-corrected chi connectivity index (χ4v) is 7.17. The number of rotatable bonds is 4. The third-order valence-corrected chi connectivity index (χ3v) is 9.34. The second-order valence-corrected chi connectivity index (χ2v) is 13.4. The zero-order valence-corrected chi connectivity index (χ0v) is 24.6. The van der Waals surface area contributed by atoms with Crippen LogP contribution in [0.25, 0.3) is 22.5 Å². The molecule has 1 atom stereocenters. The number of benzene rings is 2. The highest BCUT2D eigenvalue weighted by Crippen LogP contribution is 2.46. The van der Waals surface area contributed by atoms with Crippen LogP contribution >= 0.6 is 11.8 Å². The van der Waals surface area contributed by atoms with Crippen molar-refractivity contribution in [3.63, 3.8) is 0 Å². The molecule has 9 heteroatoms. The molecule has 0 unspecified atom stereocenters. The Morgan fingerprint density at radius 2 is 1.59 bits per heavy atom. The average molecular weight is 569 g/mol. The highest BCUT2D eigenvalue weighted by molar-refractivity contribution is 7.99. The summed E-state index contributed by atoms with van der Waals surface area (Å²) in [5.74, 6) is 2.51. The van der Waals surface area contributed by atoms with Crippen molar-refractivity contribution in [3.8, 4) is 22.5 Å². The summed E-state index contributed by atoms with van der Waals surface area (Å²) in [6.07, 6.45) is 10.4. The number of hydrogen-bond donors (Lipinski definition) is 3. The number of fused-ring (bicyclic) bond motifs is 2. The van der Waals surface area contributed by atoms with E-state index in [1.165, 1.54) is 35.5 Å². The maximum absolute atomic E-state index is 12.8. The number of ether oxygens (including phenoxy) is 1. The first-order chi connectivity index (χ1) is 19.8. The first-order valence-electron chi connectivity index (χ1n) is 14.6. The van der Waals surface area contributed by atoms with Gasteiger partial charge in [-0.1, -0.05) is 36.7 Å². The SMILES string of the molecule is CC(C)(C)OC(=O)N1CCC[C@@H]1c1ncc(-c2ccc3c(c2)Sc2ccc(-c4cnc(C5CCCC5)[nH]4)cc2N3)[nH]1. The van der Waals surface area contributed by atoms with Crippen LogP contribution in [-0.2, 0) is 4.74 Å². The second kappa shape index (κ2) is 10.3. The minimum Gasteiger partial charge on any atom is -0.444 e. The van der Waals surface area contributed by atoms with Gasteiger partial charge in [-0.15, -0.1) is 0 Å². The molecular weight excluding hydrogens is 532 g/mol. The lowest BCUT2D eigenvalue weighted by molar-refractivity contribution is 0.0218. The maximum atomic E-state index is 12.8. The molecule has 8 nitrogen and oxygen atoms in total. The molecule has 4 heterocycles. The molecule has 0 radical (unpaired) electrons. The number of carbonyl (C=O) groups is 1. The van der Waals surface area contributed by atoms with Gasteiger partial charge < -0.3 is 20.0 Å². The van der Waals surface area contributed by atoms with Gasteiger partial charge in [0.1, 0.15) is 17.2 Å². The summed E-state index contributed by atoms with van der Waals surface area (Å²) >= 11 is 1.77. The molecule has 2 fully saturated rings. The van der Waals surface area contributed by atoms with Crippen LogP contribution in [0.4, 0.5) is 16.2 Å². The molecule has 1 saturated heterocycles. The Balaban J connectivity index is 1.08. The fourth-order valence-electron chi connectivity index (χ4n) is 6.16. The quantitative estimate of drug-likeness (QED) is 0.201. The van der Waals surface area contributed by atoms with Crippen molar-refractivity contribution < 1.29 is 9.53 Å². The lowest BCUT2D eigenvalue weighted by Gasteiger charge is -2.27. The summed E-state index contributed by atoms with van der Waals surface area (Å²) in [4.78, 5) is 33.4. The molecule has 3 N–H and O–H groups in total. The lowest BCUT2D eigenvalue weighted by Crippen LogP contribution is -2.36. The number of nitrogens with zero attached hydrogens (tertiary/aromatic N) is 3. The van der Waals surface area contributed by atoms with Crippen molar-refractivity contribution in [2.24, 2.45) is 0 Å². The summed E-state index contributed by atoms with van der Waals surface area (Å²) in [5.41, 5.74) is 5.90. The van der Waals surface area contributed by atoms with Gasteiger partial charge in [0, 0.05) is 33.4 Å². The molecule has 3 aliphatic rings. The molecule has 2 aromatic carbocycles. The van der Waals surface area contributed by atoms with Gasteiger partial charge in [-0.2, -0.15) is 0 Å². The number of likely N-dealkylation sites (tertiary alicyclic amines) is 1. The minimum absolute atomic E-state index is 0.0996. The molecule has 41 heavy (non-hydrogen) atoms. The Morgan fingerprint density at radius 3 is 2.37 bits per heavy atom. The Hall–Kier alpha value is -3.72. The molecule has 0 spiro atoms. The van der Waals surface area contributed by atoms with Gasteiger partial charge in [0.05, 0.1) is 41.2 Å². The number of aromatic nitrogens is 4. The van der Waals surface area contributed by atoms with E-state index < -0.39 is 5.60 Å². The summed E-state index contributed by atoms with van der Waals surface area (Å²) < 4.78 is 5.64. The third kappa shape index (κ3) is 5.23. The lowest BCUT2D eigenvalue weighted by atomic mass is 10.1. The molecule has 1 amide bonds. The number of carbonyl (C=O) groups excluding carboxylic acids is 1. The minimum atomic E-state index is -0.523. The van der Waals surface area contributed by atoms with Crippen molar-refractivity contribution >= 4 is 29.2 Å². The standard InChI is InChI=1S/C32H36N6O2S/c1-32(2,3)40-31(39)38-14-6-9-26(38)30-34-18-25(37-30)21-10-12-22-28(16-21)41-27-13-11-20(15-23(27)35-22)24-17-33-29(36-24)19-7-4-5-8-19/h10-13,15-19,26,35H,4-9,14H2,1-3H3,(H,33,36)(H,34,37)/t26-/m1/s1. The molecule has 7 rings (SSSR count). The number of hydrogen-bond acceptors (Lipinski definition) is 6. The maximum Gasteiger partial charge on any atom is 0.410 e. The zero-order valence-electron chi connectivity index (χ0n) is 23.8. The Labute approximate surface area is 244 Å². The monoisotopic (exact) mass is 568 g/mol. The number of imidazole rings is 2. The van der Waals surface area contributed by atoms with E-state index in [0.29, 0.717) is 12.5 Å². The van der Waals surface area contributed by atoms with Crippen LogP contribution in [0.1, 0.15) is 82.9 Å². The van der Waals surface area contributed by atoms with Gasteiger partial charge in [-0.25, -0.2) is 14.8 Å². The second-order valence-electron chi connectivity index (χ2n) is 12.3. The van der Waals surface area contributed by atoms with Crippen LogP contribution < -0.4 is 5.32 Å². The van der Waals surface area contributed by atoms with Crippen molar-refractivity contribution in [1.82, 2.24) is 24.8 Å². The molecule has 2 aliphatic heterocycles. The molecule has 1 aliphatic carbocycles. The smallest absolute Gasteiger partial charge is 0.410 e. The van der Waals surface area contributed by atoms with Gasteiger partial charge in [-0.3, -0.25) is 4.90 Å². The summed E-state index contributed by atoms with van der Waals surface area (Å²) in [6.45, 7) is 6.37. The van der Waals surface area contributed by atoms with Gasteiger partial charge >= 0.3 is 6.09 Å². The van der Waals surface area contributed by atoms with Crippen molar-refractivity contribution in [1.29, 1.82) is 0 Å². The number of amides is 1. The zero-order chi connectivity index (χ0) is 28.1. The Kier molecular flexibility index (Phi) is 6.57. The predicted octanol–water partition coefficient (Wildman–Crippen LogP) is 8.40. The van der Waals surface area contributed by atoms with Crippen molar-refractivity contribution in [2.45, 2.75) is 86.6 Å². The van der Waals surface area contributed by atoms with Gasteiger partial charge in [-0.05, 0) is 70.7 Å². The summed E-state index contributed by atoms with van der Waals surface area (Å²) in [6, 6.07) is 12.9. The van der Waals surface area contributed by atoms with E-state index in [-0.39, 0.29) is 12.1 Å². The fraction of sp³-hybridized carbons (Fsp3) is 0.406. The van der Waals surface area contributed by atoms with Gasteiger partial charge in [0.2, 0.25) is 0 Å². The van der Waals surface area contributed by atoms with Crippen molar-refractivity contribution in [3.05, 3.63) is 60.4 Å². The largest absolute Gasteiger partial charge is 0.444 e. The van der Waals surface area contributed by atoms with Crippen LogP contribution in [-0.4, -0.2) is 43.1 Å². The number of nitrogens with one attached hydrogen (secondary N) is 3. The van der Waals surface area contributed by atoms with E-state index in [1.807, 2.05) is 33.2 Å². The first kappa shape index (κ1) is 26.2. The predicted molar refractivity (Wildman–Crippen MR) is 162 cm³/mol. The molecular formula is C32H36N6O2S. The van der Waals surface area contributed by atoms with Crippen LogP contribution in [0, 0.1) is 0 Å². The van der Waals surface area contributed by atoms with E-state index >= 15 is 0 Å². The highest BCUT2D eigenvalue weighted by atomic mass is 32.2. The van der Waals surface area contributed by atoms with E-state index in [4.69, 9.17) is 9.72 Å². The van der Waals surface area contributed by atoms with E-state index in [1.54, 1.807) is 16.7 Å². The number of aromatic amines is 2. The Bertz CT molecular complexity index is 1600. The average Bonchev–Trinajstić information content (AvgIpc) is 3.76. The van der Waals surface area contributed by atoms with Crippen LogP contribution in [0.2, 0.25) is 0 Å². The Morgan fingerprint density at radius 1 is 0.878 bits per heavy atom. The number of anilines is 2. The molecule has 212 valence electrons. The van der Waals surface area contributed by atoms with E-state index in [2.05, 4.69) is 56.7 Å². The van der Waals surface area contributed by atoms with Gasteiger partial charge in [0.15, 0.2) is 0 Å². The first-order valence-corrected chi connectivity index (χ1v) is 15.5. The molecule has 4 aromatic rings. The van der Waals surface area contributed by atoms with Crippen LogP contribution in [0.15, 0.2) is 58.6 Å². The molecule has 1 saturated carbocycles. The summed E-state index contributed by atoms with van der Waals surface area (Å²) in [5, 5.41) is 3.64. The normalized spacial score (nSPS) is 18.7. The molecule has 0 bridgehead atoms.